The Balaban J connectivity index is 2.55. The molecule has 88 valence electrons. The lowest BCUT2D eigenvalue weighted by atomic mass is 9.98. The molecule has 1 saturated heterocycles. The molecule has 0 aromatic heterocycles. The molecular formula is C10H19NO3S. The highest BCUT2D eigenvalue weighted by Crippen LogP contribution is 2.15. The molecular weight excluding hydrogens is 214 g/mol. The fourth-order valence-electron chi connectivity index (χ4n) is 1.99. The summed E-state index contributed by atoms with van der Waals surface area (Å²) in [6.07, 6.45) is 1.80. The van der Waals surface area contributed by atoms with Crippen molar-refractivity contribution >= 4 is 15.6 Å². The van der Waals surface area contributed by atoms with Crippen molar-refractivity contribution in [3.8, 4) is 0 Å². The van der Waals surface area contributed by atoms with Gasteiger partial charge in [0.25, 0.3) is 0 Å². The molecule has 1 aliphatic heterocycles. The van der Waals surface area contributed by atoms with Crippen LogP contribution in [0.1, 0.15) is 20.3 Å². The van der Waals surface area contributed by atoms with Gasteiger partial charge in [0.15, 0.2) is 0 Å². The van der Waals surface area contributed by atoms with Gasteiger partial charge in [-0.15, -0.1) is 0 Å². The van der Waals surface area contributed by atoms with Gasteiger partial charge in [-0.05, 0) is 6.92 Å². The maximum Gasteiger partial charge on any atom is 0.148 e. The van der Waals surface area contributed by atoms with E-state index in [1.807, 2.05) is 13.8 Å². The summed E-state index contributed by atoms with van der Waals surface area (Å²) in [6, 6.07) is 0.00977. The van der Waals surface area contributed by atoms with Crippen LogP contribution in [0.3, 0.4) is 0 Å². The van der Waals surface area contributed by atoms with Crippen molar-refractivity contribution in [2.75, 3.05) is 25.1 Å². The van der Waals surface area contributed by atoms with Gasteiger partial charge in [0.05, 0.1) is 5.75 Å². The molecule has 2 atom stereocenters. The normalized spacial score (nSPS) is 26.6. The smallest absolute Gasteiger partial charge is 0.148 e. The van der Waals surface area contributed by atoms with E-state index >= 15 is 0 Å². The number of piperidine rings is 1. The molecule has 1 heterocycles. The molecule has 2 unspecified atom stereocenters. The third-order valence-electron chi connectivity index (χ3n) is 2.87. The first-order chi connectivity index (χ1) is 6.79. The molecule has 4 nitrogen and oxygen atoms in total. The Labute approximate surface area is 91.6 Å². The van der Waals surface area contributed by atoms with Gasteiger partial charge in [-0.2, -0.15) is 0 Å². The summed E-state index contributed by atoms with van der Waals surface area (Å²) in [6.45, 7) is 5.20. The van der Waals surface area contributed by atoms with Crippen molar-refractivity contribution in [1.82, 2.24) is 4.90 Å². The van der Waals surface area contributed by atoms with E-state index in [0.717, 1.165) is 0 Å². The average molecular weight is 233 g/mol. The third-order valence-corrected chi connectivity index (χ3v) is 3.96. The van der Waals surface area contributed by atoms with Crippen molar-refractivity contribution < 1.29 is 13.2 Å². The number of Topliss-reactive ketones (excluding diaryl/α,β-unsaturated/α-hetero) is 1. The maximum atomic E-state index is 11.3. The monoisotopic (exact) mass is 233 g/mol. The minimum atomic E-state index is -2.93. The maximum absolute atomic E-state index is 11.3. The lowest BCUT2D eigenvalue weighted by Crippen LogP contribution is -2.46. The summed E-state index contributed by atoms with van der Waals surface area (Å²) in [4.78, 5) is 13.4. The van der Waals surface area contributed by atoms with Crippen LogP contribution in [0, 0.1) is 5.92 Å². The molecule has 0 aliphatic carbocycles. The van der Waals surface area contributed by atoms with Gasteiger partial charge in [-0.3, -0.25) is 9.69 Å². The predicted octanol–water partition coefficient (Wildman–Crippen LogP) is 0.330. The number of sulfone groups is 1. The summed E-state index contributed by atoms with van der Waals surface area (Å²) < 4.78 is 22.3. The molecule has 0 aromatic carbocycles. The molecule has 1 fully saturated rings. The Morgan fingerprint density at radius 1 is 1.53 bits per heavy atom. The predicted molar refractivity (Wildman–Crippen MR) is 59.5 cm³/mol. The van der Waals surface area contributed by atoms with Gasteiger partial charge in [-0.25, -0.2) is 8.42 Å². The minimum Gasteiger partial charge on any atom is -0.299 e. The zero-order valence-corrected chi connectivity index (χ0v) is 10.4. The van der Waals surface area contributed by atoms with Crippen LogP contribution in [-0.2, 0) is 14.6 Å². The number of rotatable bonds is 3. The van der Waals surface area contributed by atoms with Crippen LogP contribution in [0.5, 0.6) is 0 Å². The second kappa shape index (κ2) is 4.61. The number of hydrogen-bond acceptors (Lipinski definition) is 4. The quantitative estimate of drug-likeness (QED) is 0.705. The highest BCUT2D eigenvalue weighted by Gasteiger charge is 2.27. The standard InChI is InChI=1S/C10H19NO3S/c1-8-6-11(5-4-10(8)12)9(2)7-15(3,13)14/h8-9H,4-7H2,1-3H3. The van der Waals surface area contributed by atoms with Gasteiger partial charge in [0, 0.05) is 37.7 Å². The Bertz CT molecular complexity index is 337. The first-order valence-electron chi connectivity index (χ1n) is 5.24. The molecule has 0 bridgehead atoms. The molecule has 0 spiro atoms. The van der Waals surface area contributed by atoms with Crippen LogP contribution < -0.4 is 0 Å². The summed E-state index contributed by atoms with van der Waals surface area (Å²) >= 11 is 0. The SMILES string of the molecule is CC1CN(C(C)CS(C)(=O)=O)CCC1=O. The molecule has 5 heteroatoms. The molecule has 1 rings (SSSR count). The van der Waals surface area contributed by atoms with Gasteiger partial charge in [0.1, 0.15) is 15.6 Å². The summed E-state index contributed by atoms with van der Waals surface area (Å²) in [7, 11) is -2.93. The number of carbonyl (C=O) groups excluding carboxylic acids is 1. The van der Waals surface area contributed by atoms with E-state index in [1.165, 1.54) is 6.26 Å². The molecule has 0 radical (unpaired) electrons. The van der Waals surface area contributed by atoms with Crippen LogP contribution in [0.4, 0.5) is 0 Å². The van der Waals surface area contributed by atoms with E-state index in [0.29, 0.717) is 19.5 Å². The largest absolute Gasteiger partial charge is 0.299 e. The van der Waals surface area contributed by atoms with Gasteiger partial charge in [-0.1, -0.05) is 6.92 Å². The zero-order chi connectivity index (χ0) is 11.6. The molecule has 0 amide bonds. The third kappa shape index (κ3) is 3.91. The number of carbonyl (C=O) groups is 1. The van der Waals surface area contributed by atoms with Gasteiger partial charge in [0.2, 0.25) is 0 Å². The molecule has 0 saturated carbocycles. The first kappa shape index (κ1) is 12.6. The number of nitrogens with zero attached hydrogens (tertiary/aromatic N) is 1. The van der Waals surface area contributed by atoms with Crippen molar-refractivity contribution in [2.45, 2.75) is 26.3 Å². The highest BCUT2D eigenvalue weighted by atomic mass is 32.2. The van der Waals surface area contributed by atoms with Crippen LogP contribution in [0.2, 0.25) is 0 Å². The minimum absolute atomic E-state index is 0.00977. The lowest BCUT2D eigenvalue weighted by molar-refractivity contribution is -0.125. The lowest BCUT2D eigenvalue weighted by Gasteiger charge is -2.34. The summed E-state index contributed by atoms with van der Waals surface area (Å²) in [5, 5.41) is 0. The topological polar surface area (TPSA) is 54.5 Å². The molecule has 1 aliphatic rings. The van der Waals surface area contributed by atoms with Crippen molar-refractivity contribution in [2.24, 2.45) is 5.92 Å². The van der Waals surface area contributed by atoms with E-state index in [-0.39, 0.29) is 23.5 Å². The second-order valence-corrected chi connectivity index (χ2v) is 6.74. The summed E-state index contributed by atoms with van der Waals surface area (Å²) in [5.41, 5.74) is 0. The number of likely N-dealkylation sites (tertiary alicyclic amines) is 1. The van der Waals surface area contributed by atoms with Crippen molar-refractivity contribution in [3.63, 3.8) is 0 Å². The van der Waals surface area contributed by atoms with Crippen molar-refractivity contribution in [1.29, 1.82) is 0 Å². The molecule has 0 aromatic rings. The average Bonchev–Trinajstić information content (AvgIpc) is 2.06. The Hall–Kier alpha value is -0.420. The van der Waals surface area contributed by atoms with E-state index in [9.17, 15) is 13.2 Å². The van der Waals surface area contributed by atoms with Crippen LogP contribution in [0.15, 0.2) is 0 Å². The molecule has 15 heavy (non-hydrogen) atoms. The zero-order valence-electron chi connectivity index (χ0n) is 9.56. The second-order valence-electron chi connectivity index (χ2n) is 4.55. The highest BCUT2D eigenvalue weighted by molar-refractivity contribution is 7.90. The fraction of sp³-hybridized carbons (Fsp3) is 0.900. The van der Waals surface area contributed by atoms with Crippen LogP contribution in [0.25, 0.3) is 0 Å². The van der Waals surface area contributed by atoms with Gasteiger partial charge < -0.3 is 0 Å². The first-order valence-corrected chi connectivity index (χ1v) is 7.30. The van der Waals surface area contributed by atoms with E-state index in [4.69, 9.17) is 0 Å². The van der Waals surface area contributed by atoms with Gasteiger partial charge >= 0.3 is 0 Å². The Kier molecular flexibility index (Phi) is 3.89. The number of ketones is 1. The van der Waals surface area contributed by atoms with E-state index < -0.39 is 9.84 Å². The van der Waals surface area contributed by atoms with E-state index in [2.05, 4.69) is 4.90 Å². The van der Waals surface area contributed by atoms with Crippen molar-refractivity contribution in [3.05, 3.63) is 0 Å². The Morgan fingerprint density at radius 3 is 2.60 bits per heavy atom. The fourth-order valence-corrected chi connectivity index (χ4v) is 3.08. The summed E-state index contributed by atoms with van der Waals surface area (Å²) in [5.74, 6) is 0.507. The van der Waals surface area contributed by atoms with Crippen LogP contribution >= 0.6 is 0 Å². The van der Waals surface area contributed by atoms with Crippen LogP contribution in [-0.4, -0.2) is 50.2 Å². The molecule has 0 N–H and O–H groups in total. The Morgan fingerprint density at radius 2 is 2.13 bits per heavy atom. The van der Waals surface area contributed by atoms with E-state index in [1.54, 1.807) is 0 Å². The number of hydrogen-bond donors (Lipinski definition) is 0.